The Labute approximate surface area is 164 Å². The Morgan fingerprint density at radius 3 is 2.64 bits per heavy atom. The maximum absolute atomic E-state index is 13.1. The molecule has 0 saturated heterocycles. The highest BCUT2D eigenvalue weighted by molar-refractivity contribution is 7.14. The number of aromatic nitrogens is 2. The third-order valence-corrected chi connectivity index (χ3v) is 5.17. The molecule has 0 spiro atoms. The fourth-order valence-electron chi connectivity index (χ4n) is 2.86. The van der Waals surface area contributed by atoms with Crippen molar-refractivity contribution in [3.05, 3.63) is 76.4 Å². The number of thiophene rings is 1. The van der Waals surface area contributed by atoms with E-state index in [4.69, 9.17) is 4.52 Å². The van der Waals surface area contributed by atoms with Crippen molar-refractivity contribution in [2.45, 2.75) is 13.8 Å². The maximum Gasteiger partial charge on any atom is 0.270 e. The minimum Gasteiger partial charge on any atom is -0.333 e. The van der Waals surface area contributed by atoms with Crippen molar-refractivity contribution in [1.82, 2.24) is 10.1 Å². The van der Waals surface area contributed by atoms with Crippen LogP contribution in [0.3, 0.4) is 0 Å². The number of benzene rings is 2. The summed E-state index contributed by atoms with van der Waals surface area (Å²) in [6.07, 6.45) is 0. The number of aryl methyl sites for hydroxylation is 2. The molecule has 1 N–H and O–H groups in total. The molecule has 1 amide bonds. The normalized spacial score (nSPS) is 10.8. The van der Waals surface area contributed by atoms with Gasteiger partial charge in [-0.15, -0.1) is 11.3 Å². The second-order valence-corrected chi connectivity index (χ2v) is 7.28. The van der Waals surface area contributed by atoms with Gasteiger partial charge in [0.1, 0.15) is 10.7 Å². The van der Waals surface area contributed by atoms with Crippen LogP contribution >= 0.6 is 11.3 Å². The molecule has 0 unspecified atom stereocenters. The zero-order valence-corrected chi connectivity index (χ0v) is 16.0. The second kappa shape index (κ2) is 7.36. The minimum atomic E-state index is -0.331. The van der Waals surface area contributed by atoms with E-state index in [1.807, 2.05) is 37.4 Å². The third-order valence-electron chi connectivity index (χ3n) is 4.26. The largest absolute Gasteiger partial charge is 0.333 e. The Balaban J connectivity index is 1.59. The van der Waals surface area contributed by atoms with E-state index in [1.54, 1.807) is 18.2 Å². The Kier molecular flexibility index (Phi) is 4.75. The summed E-state index contributed by atoms with van der Waals surface area (Å²) >= 11 is 1.39. The van der Waals surface area contributed by atoms with Crippen molar-refractivity contribution >= 4 is 22.9 Å². The van der Waals surface area contributed by atoms with Crippen LogP contribution in [0.25, 0.3) is 22.2 Å². The van der Waals surface area contributed by atoms with Gasteiger partial charge in [-0.05, 0) is 61.2 Å². The molecule has 0 aliphatic rings. The van der Waals surface area contributed by atoms with Crippen LogP contribution in [-0.2, 0) is 0 Å². The quantitative estimate of drug-likeness (QED) is 0.499. The summed E-state index contributed by atoms with van der Waals surface area (Å²) in [6.45, 7) is 3.89. The Morgan fingerprint density at radius 2 is 1.89 bits per heavy atom. The molecule has 4 aromatic rings. The number of nitrogens with one attached hydrogen (secondary N) is 1. The Hall–Kier alpha value is -3.32. The van der Waals surface area contributed by atoms with Crippen LogP contribution in [0.2, 0.25) is 0 Å². The standard InChI is InChI=1S/C21H16FN3O2S/c1-12-3-8-16(13(2)11-12)20(26)23-17-9-10-28-18(17)21-24-19(25-27-21)14-4-6-15(22)7-5-14/h3-11H,1-2H3,(H,23,26). The van der Waals surface area contributed by atoms with Crippen molar-refractivity contribution in [3.63, 3.8) is 0 Å². The lowest BCUT2D eigenvalue weighted by Crippen LogP contribution is -2.13. The molecule has 2 heterocycles. The van der Waals surface area contributed by atoms with Gasteiger partial charge in [0.2, 0.25) is 5.82 Å². The molecule has 0 radical (unpaired) electrons. The fraction of sp³-hybridized carbons (Fsp3) is 0.0952. The highest BCUT2D eigenvalue weighted by Crippen LogP contribution is 2.34. The van der Waals surface area contributed by atoms with Gasteiger partial charge in [-0.2, -0.15) is 4.98 Å². The number of amides is 1. The highest BCUT2D eigenvalue weighted by Gasteiger charge is 2.18. The number of hydrogen-bond donors (Lipinski definition) is 1. The first-order valence-corrected chi connectivity index (χ1v) is 9.45. The van der Waals surface area contributed by atoms with E-state index < -0.39 is 0 Å². The molecule has 0 fully saturated rings. The summed E-state index contributed by atoms with van der Waals surface area (Å²) in [5, 5.41) is 8.72. The highest BCUT2D eigenvalue weighted by atomic mass is 32.1. The van der Waals surface area contributed by atoms with E-state index in [0.717, 1.165) is 11.1 Å². The van der Waals surface area contributed by atoms with E-state index in [9.17, 15) is 9.18 Å². The van der Waals surface area contributed by atoms with Gasteiger partial charge >= 0.3 is 0 Å². The van der Waals surface area contributed by atoms with Gasteiger partial charge < -0.3 is 9.84 Å². The monoisotopic (exact) mass is 393 g/mol. The third kappa shape index (κ3) is 3.57. The van der Waals surface area contributed by atoms with Crippen LogP contribution in [-0.4, -0.2) is 16.0 Å². The van der Waals surface area contributed by atoms with Gasteiger partial charge in [-0.25, -0.2) is 4.39 Å². The van der Waals surface area contributed by atoms with E-state index in [-0.39, 0.29) is 11.7 Å². The van der Waals surface area contributed by atoms with E-state index in [1.165, 1.54) is 23.5 Å². The number of hydrogen-bond acceptors (Lipinski definition) is 5. The van der Waals surface area contributed by atoms with Crippen LogP contribution in [0.4, 0.5) is 10.1 Å². The van der Waals surface area contributed by atoms with Gasteiger partial charge in [-0.3, -0.25) is 4.79 Å². The average Bonchev–Trinajstić information content (AvgIpc) is 3.31. The first kappa shape index (κ1) is 18.1. The van der Waals surface area contributed by atoms with Crippen LogP contribution < -0.4 is 5.32 Å². The van der Waals surface area contributed by atoms with Crippen LogP contribution in [0, 0.1) is 19.7 Å². The topological polar surface area (TPSA) is 68.0 Å². The molecule has 28 heavy (non-hydrogen) atoms. The lowest BCUT2D eigenvalue weighted by Gasteiger charge is -2.08. The van der Waals surface area contributed by atoms with Gasteiger partial charge in [0.05, 0.1) is 5.69 Å². The van der Waals surface area contributed by atoms with Crippen molar-refractivity contribution in [1.29, 1.82) is 0 Å². The predicted molar refractivity (Wildman–Crippen MR) is 107 cm³/mol. The molecular formula is C21H16FN3O2S. The summed E-state index contributed by atoms with van der Waals surface area (Å²) in [4.78, 5) is 17.7. The molecule has 7 heteroatoms. The van der Waals surface area contributed by atoms with Crippen molar-refractivity contribution in [3.8, 4) is 22.2 Å². The SMILES string of the molecule is Cc1ccc(C(=O)Nc2ccsc2-c2nc(-c3ccc(F)cc3)no2)c(C)c1. The molecule has 5 nitrogen and oxygen atoms in total. The van der Waals surface area contributed by atoms with Gasteiger partial charge in [0.25, 0.3) is 11.8 Å². The molecule has 2 aromatic carbocycles. The van der Waals surface area contributed by atoms with Gasteiger partial charge in [0, 0.05) is 11.1 Å². The molecule has 140 valence electrons. The molecule has 0 saturated carbocycles. The van der Waals surface area contributed by atoms with Crippen LogP contribution in [0.1, 0.15) is 21.5 Å². The molecule has 0 bridgehead atoms. The molecular weight excluding hydrogens is 377 g/mol. The van der Waals surface area contributed by atoms with E-state index in [2.05, 4.69) is 15.5 Å². The first-order chi connectivity index (χ1) is 13.5. The van der Waals surface area contributed by atoms with Gasteiger partial charge in [-0.1, -0.05) is 22.9 Å². The van der Waals surface area contributed by atoms with Crippen LogP contribution in [0.5, 0.6) is 0 Å². The summed E-state index contributed by atoms with van der Waals surface area (Å²) in [6, 6.07) is 13.3. The zero-order valence-electron chi connectivity index (χ0n) is 15.2. The van der Waals surface area contributed by atoms with Crippen LogP contribution in [0.15, 0.2) is 58.4 Å². The lowest BCUT2D eigenvalue weighted by molar-refractivity contribution is 0.102. The van der Waals surface area contributed by atoms with Crippen molar-refractivity contribution in [2.75, 3.05) is 5.32 Å². The molecule has 2 aromatic heterocycles. The molecule has 0 aliphatic carbocycles. The predicted octanol–water partition coefficient (Wildman–Crippen LogP) is 5.47. The fourth-order valence-corrected chi connectivity index (χ4v) is 3.63. The second-order valence-electron chi connectivity index (χ2n) is 6.37. The van der Waals surface area contributed by atoms with Gasteiger partial charge in [0.15, 0.2) is 0 Å². The summed E-state index contributed by atoms with van der Waals surface area (Å²) in [5.74, 6) is 0.123. The van der Waals surface area contributed by atoms with E-state index >= 15 is 0 Å². The number of halogens is 1. The zero-order chi connectivity index (χ0) is 19.7. The maximum atomic E-state index is 13.1. The summed E-state index contributed by atoms with van der Waals surface area (Å²) < 4.78 is 18.5. The molecule has 4 rings (SSSR count). The first-order valence-electron chi connectivity index (χ1n) is 8.57. The number of rotatable bonds is 4. The lowest BCUT2D eigenvalue weighted by atomic mass is 10.1. The number of anilines is 1. The Bertz CT molecular complexity index is 1150. The van der Waals surface area contributed by atoms with Crippen molar-refractivity contribution in [2.24, 2.45) is 0 Å². The number of carbonyl (C=O) groups excluding carboxylic acids is 1. The Morgan fingerprint density at radius 1 is 1.11 bits per heavy atom. The number of nitrogens with zero attached hydrogens (tertiary/aromatic N) is 2. The summed E-state index contributed by atoms with van der Waals surface area (Å²) in [5.41, 5.74) is 3.87. The number of carbonyl (C=O) groups is 1. The average molecular weight is 393 g/mol. The minimum absolute atomic E-state index is 0.199. The smallest absolute Gasteiger partial charge is 0.270 e. The van der Waals surface area contributed by atoms with Crippen molar-refractivity contribution < 1.29 is 13.7 Å². The molecule has 0 aliphatic heterocycles. The molecule has 0 atom stereocenters. The van der Waals surface area contributed by atoms with E-state index in [0.29, 0.717) is 33.4 Å². The summed E-state index contributed by atoms with van der Waals surface area (Å²) in [7, 11) is 0.